The second-order valence-electron chi connectivity index (χ2n) is 6.01. The lowest BCUT2D eigenvalue weighted by atomic mass is 9.71. The quantitative estimate of drug-likeness (QED) is 0.523. The Hall–Kier alpha value is -1.84. The van der Waals surface area contributed by atoms with E-state index in [1.165, 1.54) is 19.8 Å². The third-order valence-electron chi connectivity index (χ3n) is 4.71. The average molecular weight is 320 g/mol. The van der Waals surface area contributed by atoms with Gasteiger partial charge in [-0.1, -0.05) is 39.3 Å². The van der Waals surface area contributed by atoms with Crippen LogP contribution in [0, 0.1) is 5.41 Å². The molecule has 128 valence electrons. The van der Waals surface area contributed by atoms with Crippen LogP contribution in [0.2, 0.25) is 0 Å². The van der Waals surface area contributed by atoms with E-state index in [-0.39, 0.29) is 23.1 Å². The smallest absolute Gasteiger partial charge is 0.228 e. The first-order chi connectivity index (χ1) is 10.8. The van der Waals surface area contributed by atoms with Gasteiger partial charge >= 0.3 is 0 Å². The summed E-state index contributed by atoms with van der Waals surface area (Å²) in [5.41, 5.74) is 1.73. The molecule has 1 aliphatic carbocycles. The fourth-order valence-corrected chi connectivity index (χ4v) is 3.09. The Morgan fingerprint density at radius 1 is 1.00 bits per heavy atom. The Bertz CT molecular complexity index is 586. The summed E-state index contributed by atoms with van der Waals surface area (Å²) < 4.78 is 10.3. The van der Waals surface area contributed by atoms with Gasteiger partial charge in [-0.25, -0.2) is 0 Å². The van der Waals surface area contributed by atoms with Crippen molar-refractivity contribution >= 4 is 11.6 Å². The maximum Gasteiger partial charge on any atom is 0.228 e. The SMILES string of the molecule is CCC(=C[C@@](C)(CC)C1=C(C)C(=O)C(OC)=C(OC)C1=O)CC. The Balaban J connectivity index is 3.56. The average Bonchev–Trinajstić information content (AvgIpc) is 2.55. The largest absolute Gasteiger partial charge is 0.489 e. The number of Topliss-reactive ketones (excluding diaryl/α,β-unsaturated/α-hetero) is 2. The first-order valence-corrected chi connectivity index (χ1v) is 8.14. The van der Waals surface area contributed by atoms with Gasteiger partial charge in [-0.3, -0.25) is 9.59 Å². The van der Waals surface area contributed by atoms with Crippen molar-refractivity contribution in [2.24, 2.45) is 5.41 Å². The number of ether oxygens (including phenoxy) is 2. The molecule has 0 bridgehead atoms. The number of hydrogen-bond acceptors (Lipinski definition) is 4. The van der Waals surface area contributed by atoms with E-state index in [2.05, 4.69) is 19.9 Å². The molecule has 0 amide bonds. The minimum atomic E-state index is -0.499. The monoisotopic (exact) mass is 320 g/mol. The fourth-order valence-electron chi connectivity index (χ4n) is 3.09. The van der Waals surface area contributed by atoms with Gasteiger partial charge < -0.3 is 9.47 Å². The minimum absolute atomic E-state index is 0.000668. The van der Waals surface area contributed by atoms with Crippen LogP contribution < -0.4 is 0 Å². The number of rotatable bonds is 7. The molecule has 0 spiro atoms. The molecule has 4 heteroatoms. The van der Waals surface area contributed by atoms with Crippen LogP contribution in [0.3, 0.4) is 0 Å². The number of methoxy groups -OCH3 is 2. The van der Waals surface area contributed by atoms with E-state index in [0.29, 0.717) is 11.1 Å². The number of allylic oxidation sites excluding steroid dienone is 4. The Kier molecular flexibility index (Phi) is 6.37. The summed E-state index contributed by atoms with van der Waals surface area (Å²) in [5.74, 6) is -0.539. The summed E-state index contributed by atoms with van der Waals surface area (Å²) in [6.45, 7) is 9.93. The van der Waals surface area contributed by atoms with E-state index in [0.717, 1.165) is 19.3 Å². The maximum atomic E-state index is 12.9. The zero-order chi connectivity index (χ0) is 17.8. The van der Waals surface area contributed by atoms with E-state index in [9.17, 15) is 9.59 Å². The van der Waals surface area contributed by atoms with Gasteiger partial charge in [0.05, 0.1) is 14.2 Å². The highest BCUT2D eigenvalue weighted by Gasteiger charge is 2.41. The lowest BCUT2D eigenvalue weighted by Gasteiger charge is -2.32. The van der Waals surface area contributed by atoms with Gasteiger partial charge in [0.1, 0.15) is 0 Å². The summed E-state index contributed by atoms with van der Waals surface area (Å²) >= 11 is 0. The second-order valence-corrected chi connectivity index (χ2v) is 6.01. The van der Waals surface area contributed by atoms with Gasteiger partial charge in [0.15, 0.2) is 0 Å². The highest BCUT2D eigenvalue weighted by atomic mass is 16.5. The summed E-state index contributed by atoms with van der Waals surface area (Å²) in [4.78, 5) is 25.5. The summed E-state index contributed by atoms with van der Waals surface area (Å²) in [5, 5.41) is 0. The molecule has 0 unspecified atom stereocenters. The van der Waals surface area contributed by atoms with Crippen molar-refractivity contribution < 1.29 is 19.1 Å². The predicted molar refractivity (Wildman–Crippen MR) is 90.8 cm³/mol. The van der Waals surface area contributed by atoms with Crippen LogP contribution in [-0.4, -0.2) is 25.8 Å². The molecule has 23 heavy (non-hydrogen) atoms. The van der Waals surface area contributed by atoms with Gasteiger partial charge in [0.25, 0.3) is 0 Å². The summed E-state index contributed by atoms with van der Waals surface area (Å²) in [6, 6.07) is 0. The first kappa shape index (κ1) is 19.2. The number of hydrogen-bond donors (Lipinski definition) is 0. The molecule has 4 nitrogen and oxygen atoms in total. The van der Waals surface area contributed by atoms with E-state index in [4.69, 9.17) is 9.47 Å². The van der Waals surface area contributed by atoms with Crippen molar-refractivity contribution in [2.75, 3.05) is 14.2 Å². The minimum Gasteiger partial charge on any atom is -0.489 e. The third-order valence-corrected chi connectivity index (χ3v) is 4.71. The van der Waals surface area contributed by atoms with E-state index < -0.39 is 5.41 Å². The zero-order valence-electron chi connectivity index (χ0n) is 15.3. The molecule has 1 rings (SSSR count). The van der Waals surface area contributed by atoms with Crippen molar-refractivity contribution in [2.45, 2.75) is 53.9 Å². The molecule has 1 atom stereocenters. The van der Waals surface area contributed by atoms with Crippen LogP contribution >= 0.6 is 0 Å². The predicted octanol–water partition coefficient (Wildman–Crippen LogP) is 4.12. The van der Waals surface area contributed by atoms with Crippen molar-refractivity contribution in [3.05, 3.63) is 34.3 Å². The number of carbonyl (C=O) groups excluding carboxylic acids is 2. The molecule has 0 saturated carbocycles. The maximum absolute atomic E-state index is 12.9. The van der Waals surface area contributed by atoms with E-state index in [1.807, 2.05) is 13.8 Å². The van der Waals surface area contributed by atoms with Crippen molar-refractivity contribution in [3.8, 4) is 0 Å². The van der Waals surface area contributed by atoms with Gasteiger partial charge in [0.2, 0.25) is 23.1 Å². The standard InChI is InChI=1S/C19H28O4/c1-8-13(9-2)11-19(5,10-3)14-12(4)15(20)17(22-6)18(23-7)16(14)21/h11H,8-10H2,1-7H3/t19-/m1/s1. The molecule has 0 aliphatic heterocycles. The zero-order valence-corrected chi connectivity index (χ0v) is 15.3. The fraction of sp³-hybridized carbons (Fsp3) is 0.579. The molecule has 0 N–H and O–H groups in total. The lowest BCUT2D eigenvalue weighted by Crippen LogP contribution is -2.33. The van der Waals surface area contributed by atoms with Crippen LogP contribution in [0.25, 0.3) is 0 Å². The van der Waals surface area contributed by atoms with Gasteiger partial charge in [-0.2, -0.15) is 0 Å². The second kappa shape index (κ2) is 7.62. The molecule has 0 aromatic rings. The molecular formula is C19H28O4. The summed E-state index contributed by atoms with van der Waals surface area (Å²) in [7, 11) is 2.77. The summed E-state index contributed by atoms with van der Waals surface area (Å²) in [6.07, 6.45) is 4.72. The van der Waals surface area contributed by atoms with Crippen molar-refractivity contribution in [1.82, 2.24) is 0 Å². The van der Waals surface area contributed by atoms with Crippen molar-refractivity contribution in [1.29, 1.82) is 0 Å². The van der Waals surface area contributed by atoms with Crippen LogP contribution in [0.15, 0.2) is 34.3 Å². The molecule has 0 aromatic carbocycles. The van der Waals surface area contributed by atoms with Crippen LogP contribution in [0.4, 0.5) is 0 Å². The van der Waals surface area contributed by atoms with E-state index >= 15 is 0 Å². The highest BCUT2D eigenvalue weighted by Crippen LogP contribution is 2.41. The van der Waals surface area contributed by atoms with Crippen LogP contribution in [0.5, 0.6) is 0 Å². The van der Waals surface area contributed by atoms with E-state index in [1.54, 1.807) is 6.92 Å². The topological polar surface area (TPSA) is 52.6 Å². The molecule has 0 fully saturated rings. The molecule has 0 saturated heterocycles. The molecule has 0 heterocycles. The lowest BCUT2D eigenvalue weighted by molar-refractivity contribution is -0.121. The van der Waals surface area contributed by atoms with Crippen LogP contribution in [0.1, 0.15) is 53.9 Å². The Morgan fingerprint density at radius 2 is 1.48 bits per heavy atom. The normalized spacial score (nSPS) is 18.0. The first-order valence-electron chi connectivity index (χ1n) is 8.14. The molecule has 0 aromatic heterocycles. The van der Waals surface area contributed by atoms with Gasteiger partial charge in [0, 0.05) is 16.6 Å². The Labute approximate surface area is 139 Å². The molecule has 0 radical (unpaired) electrons. The highest BCUT2D eigenvalue weighted by molar-refractivity contribution is 6.24. The van der Waals surface area contributed by atoms with Gasteiger partial charge in [-0.15, -0.1) is 0 Å². The van der Waals surface area contributed by atoms with Crippen LogP contribution in [-0.2, 0) is 19.1 Å². The van der Waals surface area contributed by atoms with Crippen molar-refractivity contribution in [3.63, 3.8) is 0 Å². The third kappa shape index (κ3) is 3.41. The number of ketones is 2. The number of carbonyl (C=O) groups is 2. The molecular weight excluding hydrogens is 292 g/mol. The van der Waals surface area contributed by atoms with Gasteiger partial charge in [-0.05, 0) is 26.2 Å². The molecule has 1 aliphatic rings. The Morgan fingerprint density at radius 3 is 1.87 bits per heavy atom.